The SMILES string of the molecule is CN=C(NCC1(CCOC)CCC1)NCC(C)(C)N(C)C.I. The van der Waals surface area contributed by atoms with E-state index >= 15 is 0 Å². The molecule has 0 atom stereocenters. The summed E-state index contributed by atoms with van der Waals surface area (Å²) in [6.45, 7) is 7.14. The summed E-state index contributed by atoms with van der Waals surface area (Å²) in [5.74, 6) is 0.897. The molecule has 0 amide bonds. The summed E-state index contributed by atoms with van der Waals surface area (Å²) in [6, 6.07) is 0. The van der Waals surface area contributed by atoms with E-state index in [1.807, 2.05) is 7.05 Å². The summed E-state index contributed by atoms with van der Waals surface area (Å²) in [5.41, 5.74) is 0.506. The van der Waals surface area contributed by atoms with E-state index in [4.69, 9.17) is 4.74 Å². The first-order valence-corrected chi connectivity index (χ1v) is 7.96. The zero-order chi connectivity index (χ0) is 15.9. The minimum absolute atomic E-state index is 0. The highest BCUT2D eigenvalue weighted by Crippen LogP contribution is 2.43. The molecular weight excluding hydrogens is 391 g/mol. The summed E-state index contributed by atoms with van der Waals surface area (Å²) in [5, 5.41) is 6.93. The molecule has 1 aliphatic rings. The molecule has 5 nitrogen and oxygen atoms in total. The Morgan fingerprint density at radius 3 is 2.32 bits per heavy atom. The molecule has 1 aliphatic carbocycles. The molecule has 0 spiro atoms. The van der Waals surface area contributed by atoms with E-state index in [0.29, 0.717) is 5.41 Å². The van der Waals surface area contributed by atoms with Crippen LogP contribution in [0.2, 0.25) is 0 Å². The maximum absolute atomic E-state index is 5.25. The second-order valence-corrected chi connectivity index (χ2v) is 7.08. The molecule has 132 valence electrons. The third kappa shape index (κ3) is 6.58. The number of rotatable bonds is 8. The van der Waals surface area contributed by atoms with Crippen LogP contribution in [0.1, 0.15) is 39.5 Å². The van der Waals surface area contributed by atoms with E-state index in [0.717, 1.165) is 32.1 Å². The highest BCUT2D eigenvalue weighted by atomic mass is 127. The van der Waals surface area contributed by atoms with E-state index < -0.39 is 0 Å². The second kappa shape index (κ2) is 9.93. The van der Waals surface area contributed by atoms with Crippen molar-refractivity contribution in [2.45, 2.75) is 45.1 Å². The highest BCUT2D eigenvalue weighted by Gasteiger charge is 2.36. The molecule has 0 heterocycles. The number of hydrogen-bond acceptors (Lipinski definition) is 3. The summed E-state index contributed by atoms with van der Waals surface area (Å²) in [4.78, 5) is 6.56. The van der Waals surface area contributed by atoms with Gasteiger partial charge in [-0.15, -0.1) is 24.0 Å². The Hall–Kier alpha value is -0.0800. The third-order valence-electron chi connectivity index (χ3n) is 5.00. The normalized spacial score (nSPS) is 17.7. The summed E-state index contributed by atoms with van der Waals surface area (Å²) in [6.07, 6.45) is 5.06. The van der Waals surface area contributed by atoms with Crippen LogP contribution in [0.4, 0.5) is 0 Å². The Labute approximate surface area is 153 Å². The molecule has 0 aromatic rings. The van der Waals surface area contributed by atoms with Crippen LogP contribution in [-0.2, 0) is 4.74 Å². The quantitative estimate of drug-likeness (QED) is 0.355. The predicted octanol–water partition coefficient (Wildman–Crippen LogP) is 2.32. The highest BCUT2D eigenvalue weighted by molar-refractivity contribution is 14.0. The number of nitrogens with one attached hydrogen (secondary N) is 2. The number of halogens is 1. The van der Waals surface area contributed by atoms with E-state index in [2.05, 4.69) is 48.5 Å². The Kier molecular flexibility index (Phi) is 9.89. The number of ether oxygens (including phenoxy) is 1. The third-order valence-corrected chi connectivity index (χ3v) is 5.00. The van der Waals surface area contributed by atoms with Gasteiger partial charge < -0.3 is 20.3 Å². The standard InChI is InChI=1S/C16H34N4O.HI/c1-15(2,20(4)5)12-18-14(17-3)19-13-16(8-7-9-16)10-11-21-6;/h7-13H2,1-6H3,(H2,17,18,19);1H. The van der Waals surface area contributed by atoms with Gasteiger partial charge in [0.2, 0.25) is 0 Å². The first-order valence-electron chi connectivity index (χ1n) is 7.96. The molecule has 0 aliphatic heterocycles. The van der Waals surface area contributed by atoms with E-state index in [9.17, 15) is 0 Å². The van der Waals surface area contributed by atoms with Crippen LogP contribution in [-0.4, -0.2) is 64.3 Å². The summed E-state index contributed by atoms with van der Waals surface area (Å²) >= 11 is 0. The van der Waals surface area contributed by atoms with Gasteiger partial charge in [-0.2, -0.15) is 0 Å². The molecular formula is C16H35IN4O. The maximum atomic E-state index is 5.25. The number of aliphatic imine (C=N–C) groups is 1. The van der Waals surface area contributed by atoms with Crippen molar-refractivity contribution < 1.29 is 4.74 Å². The van der Waals surface area contributed by atoms with Crippen molar-refractivity contribution in [2.24, 2.45) is 10.4 Å². The van der Waals surface area contributed by atoms with Crippen molar-refractivity contribution in [1.29, 1.82) is 0 Å². The summed E-state index contributed by atoms with van der Waals surface area (Å²) < 4.78 is 5.25. The van der Waals surface area contributed by atoms with Gasteiger partial charge in [0.05, 0.1) is 0 Å². The molecule has 0 saturated heterocycles. The Morgan fingerprint density at radius 2 is 1.91 bits per heavy atom. The van der Waals surface area contributed by atoms with Crippen molar-refractivity contribution in [3.05, 3.63) is 0 Å². The fraction of sp³-hybridized carbons (Fsp3) is 0.938. The van der Waals surface area contributed by atoms with E-state index in [1.54, 1.807) is 7.11 Å². The lowest BCUT2D eigenvalue weighted by Gasteiger charge is -2.42. The van der Waals surface area contributed by atoms with Crippen molar-refractivity contribution in [2.75, 3.05) is 47.9 Å². The van der Waals surface area contributed by atoms with Gasteiger partial charge in [0.25, 0.3) is 0 Å². The number of hydrogen-bond donors (Lipinski definition) is 2. The first kappa shape index (κ1) is 21.9. The van der Waals surface area contributed by atoms with E-state index in [-0.39, 0.29) is 29.5 Å². The van der Waals surface area contributed by atoms with Crippen molar-refractivity contribution in [3.8, 4) is 0 Å². The van der Waals surface area contributed by atoms with Crippen LogP contribution in [0.15, 0.2) is 4.99 Å². The second-order valence-electron chi connectivity index (χ2n) is 7.08. The van der Waals surface area contributed by atoms with E-state index in [1.165, 1.54) is 19.3 Å². The van der Waals surface area contributed by atoms with Crippen LogP contribution in [0.5, 0.6) is 0 Å². The number of guanidine groups is 1. The number of methoxy groups -OCH3 is 1. The van der Waals surface area contributed by atoms with Crippen LogP contribution >= 0.6 is 24.0 Å². The summed E-state index contributed by atoms with van der Waals surface area (Å²) in [7, 11) is 7.82. The largest absolute Gasteiger partial charge is 0.385 e. The Bertz CT molecular complexity index is 341. The van der Waals surface area contributed by atoms with Gasteiger partial charge >= 0.3 is 0 Å². The zero-order valence-electron chi connectivity index (χ0n) is 15.2. The van der Waals surface area contributed by atoms with Gasteiger partial charge in [0, 0.05) is 39.4 Å². The maximum Gasteiger partial charge on any atom is 0.191 e. The lowest BCUT2D eigenvalue weighted by molar-refractivity contribution is 0.0732. The molecule has 0 aromatic carbocycles. The van der Waals surface area contributed by atoms with Gasteiger partial charge in [0.1, 0.15) is 0 Å². The van der Waals surface area contributed by atoms with Gasteiger partial charge in [-0.3, -0.25) is 4.99 Å². The average molecular weight is 426 g/mol. The van der Waals surface area contributed by atoms with Crippen LogP contribution < -0.4 is 10.6 Å². The van der Waals surface area contributed by atoms with Crippen molar-refractivity contribution in [1.82, 2.24) is 15.5 Å². The van der Waals surface area contributed by atoms with Crippen LogP contribution in [0.3, 0.4) is 0 Å². The van der Waals surface area contributed by atoms with Crippen LogP contribution in [0.25, 0.3) is 0 Å². The molecule has 2 N–H and O–H groups in total. The molecule has 6 heteroatoms. The lowest BCUT2D eigenvalue weighted by atomic mass is 9.67. The average Bonchev–Trinajstić information content (AvgIpc) is 2.40. The minimum atomic E-state index is 0. The van der Waals surface area contributed by atoms with Gasteiger partial charge in [0.15, 0.2) is 5.96 Å². The fourth-order valence-electron chi connectivity index (χ4n) is 2.46. The number of nitrogens with zero attached hydrogens (tertiary/aromatic N) is 2. The molecule has 1 fully saturated rings. The van der Waals surface area contributed by atoms with Gasteiger partial charge in [-0.1, -0.05) is 6.42 Å². The molecule has 0 bridgehead atoms. The molecule has 1 saturated carbocycles. The molecule has 0 radical (unpaired) electrons. The smallest absolute Gasteiger partial charge is 0.191 e. The zero-order valence-corrected chi connectivity index (χ0v) is 17.5. The van der Waals surface area contributed by atoms with Gasteiger partial charge in [-0.05, 0) is 52.6 Å². The molecule has 22 heavy (non-hydrogen) atoms. The predicted molar refractivity (Wildman–Crippen MR) is 105 cm³/mol. The van der Waals surface area contributed by atoms with Gasteiger partial charge in [-0.25, -0.2) is 0 Å². The first-order chi connectivity index (χ1) is 9.85. The van der Waals surface area contributed by atoms with Crippen LogP contribution in [0, 0.1) is 5.41 Å². The minimum Gasteiger partial charge on any atom is -0.385 e. The Morgan fingerprint density at radius 1 is 1.27 bits per heavy atom. The van der Waals surface area contributed by atoms with Crippen molar-refractivity contribution >= 4 is 29.9 Å². The lowest BCUT2D eigenvalue weighted by Crippen LogP contribution is -2.52. The Balaban J connectivity index is 0.00000441. The monoisotopic (exact) mass is 426 g/mol. The fourth-order valence-corrected chi connectivity index (χ4v) is 2.46. The van der Waals surface area contributed by atoms with Crippen molar-refractivity contribution in [3.63, 3.8) is 0 Å². The molecule has 0 unspecified atom stereocenters. The molecule has 0 aromatic heterocycles. The topological polar surface area (TPSA) is 48.9 Å². The number of likely N-dealkylation sites (N-methyl/N-ethyl adjacent to an activating group) is 1. The molecule has 1 rings (SSSR count).